The summed E-state index contributed by atoms with van der Waals surface area (Å²) in [7, 11) is 5.35. The molecule has 1 aromatic rings. The number of anilines is 1. The van der Waals surface area contributed by atoms with Crippen LogP contribution in [0.15, 0.2) is 40.5 Å². The van der Waals surface area contributed by atoms with E-state index in [1.54, 1.807) is 0 Å². The Morgan fingerprint density at radius 2 is 1.81 bits per heavy atom. The third kappa shape index (κ3) is 3.55. The summed E-state index contributed by atoms with van der Waals surface area (Å²) in [5.74, 6) is -1.16. The molecule has 27 heavy (non-hydrogen) atoms. The summed E-state index contributed by atoms with van der Waals surface area (Å²) in [6.07, 6.45) is 1.21. The standard InChI is InChI=1S/C22H28N2O3/c1-13-18(21(26)27-6)19(14-7-9-15(10-8-14)24(4)5)20-16(23-13)11-22(2,3)12-17(20)25/h7-10,18-19H,11-12H2,1-6H3/t18?,19-/m0/s1. The Balaban J connectivity index is 2.15. The SMILES string of the molecule is COC(=O)C1C(C)=NC2=C(C(=O)CC(C)(C)C2)[C@H]1c1ccc(N(C)C)cc1. The molecule has 0 saturated carbocycles. The Bertz CT molecular complexity index is 832. The van der Waals surface area contributed by atoms with Gasteiger partial charge in [-0.15, -0.1) is 0 Å². The molecule has 0 amide bonds. The zero-order valence-electron chi connectivity index (χ0n) is 17.0. The lowest BCUT2D eigenvalue weighted by atomic mass is 9.67. The summed E-state index contributed by atoms with van der Waals surface area (Å²) in [6, 6.07) is 8.04. The Labute approximate surface area is 161 Å². The second-order valence-electron chi connectivity index (χ2n) is 8.52. The van der Waals surface area contributed by atoms with Crippen molar-refractivity contribution in [3.63, 3.8) is 0 Å². The molecule has 0 radical (unpaired) electrons. The lowest BCUT2D eigenvalue weighted by Crippen LogP contribution is -2.39. The number of benzene rings is 1. The molecule has 0 spiro atoms. The van der Waals surface area contributed by atoms with E-state index in [1.165, 1.54) is 7.11 Å². The van der Waals surface area contributed by atoms with Gasteiger partial charge < -0.3 is 9.64 Å². The van der Waals surface area contributed by atoms with Crippen molar-refractivity contribution in [2.24, 2.45) is 16.3 Å². The first-order chi connectivity index (χ1) is 12.6. The van der Waals surface area contributed by atoms with E-state index in [2.05, 4.69) is 18.8 Å². The molecule has 5 heteroatoms. The predicted molar refractivity (Wildman–Crippen MR) is 107 cm³/mol. The second-order valence-corrected chi connectivity index (χ2v) is 8.52. The maximum Gasteiger partial charge on any atom is 0.315 e. The van der Waals surface area contributed by atoms with Crippen LogP contribution in [0.1, 0.15) is 45.1 Å². The van der Waals surface area contributed by atoms with E-state index in [-0.39, 0.29) is 23.1 Å². The average molecular weight is 368 g/mol. The van der Waals surface area contributed by atoms with Gasteiger partial charge in [0.15, 0.2) is 5.78 Å². The maximum atomic E-state index is 13.1. The molecule has 1 heterocycles. The highest BCUT2D eigenvalue weighted by Crippen LogP contribution is 2.48. The Kier molecular flexibility index (Phi) is 4.98. The summed E-state index contributed by atoms with van der Waals surface area (Å²) in [5, 5.41) is 0. The highest BCUT2D eigenvalue weighted by atomic mass is 16.5. The van der Waals surface area contributed by atoms with Crippen molar-refractivity contribution in [3.8, 4) is 0 Å². The fourth-order valence-corrected chi connectivity index (χ4v) is 4.22. The number of ether oxygens (including phenoxy) is 1. The number of nitrogens with zero attached hydrogens (tertiary/aromatic N) is 2. The van der Waals surface area contributed by atoms with Crippen molar-refractivity contribution in [2.45, 2.75) is 39.5 Å². The summed E-state index contributed by atoms with van der Waals surface area (Å²) >= 11 is 0. The van der Waals surface area contributed by atoms with Crippen LogP contribution in [0.5, 0.6) is 0 Å². The molecule has 1 aliphatic heterocycles. The molecule has 1 aromatic carbocycles. The summed E-state index contributed by atoms with van der Waals surface area (Å²) in [6.45, 7) is 6.04. The van der Waals surface area contributed by atoms with Crippen molar-refractivity contribution in [2.75, 3.05) is 26.1 Å². The minimum absolute atomic E-state index is 0.0908. The summed E-state index contributed by atoms with van der Waals surface area (Å²) < 4.78 is 5.07. The van der Waals surface area contributed by atoms with Gasteiger partial charge in [0, 0.05) is 49.1 Å². The first-order valence-corrected chi connectivity index (χ1v) is 9.31. The van der Waals surface area contributed by atoms with Gasteiger partial charge in [0.1, 0.15) is 5.92 Å². The lowest BCUT2D eigenvalue weighted by Gasteiger charge is -2.38. The molecule has 0 bridgehead atoms. The number of methoxy groups -OCH3 is 1. The van der Waals surface area contributed by atoms with Gasteiger partial charge in [0.25, 0.3) is 0 Å². The minimum Gasteiger partial charge on any atom is -0.468 e. The number of ketones is 1. The van der Waals surface area contributed by atoms with E-state index < -0.39 is 5.92 Å². The average Bonchev–Trinajstić information content (AvgIpc) is 2.58. The van der Waals surface area contributed by atoms with E-state index in [9.17, 15) is 9.59 Å². The number of rotatable bonds is 3. The minimum atomic E-state index is -0.566. The van der Waals surface area contributed by atoms with Gasteiger partial charge in [-0.05, 0) is 36.5 Å². The van der Waals surface area contributed by atoms with Gasteiger partial charge in [-0.25, -0.2) is 0 Å². The molecule has 0 fully saturated rings. The topological polar surface area (TPSA) is 59.0 Å². The van der Waals surface area contributed by atoms with E-state index in [1.807, 2.05) is 50.2 Å². The number of carbonyl (C=O) groups excluding carboxylic acids is 2. The van der Waals surface area contributed by atoms with E-state index in [0.717, 1.165) is 23.4 Å². The number of hydrogen-bond acceptors (Lipinski definition) is 5. The fourth-order valence-electron chi connectivity index (χ4n) is 4.22. The van der Waals surface area contributed by atoms with Gasteiger partial charge >= 0.3 is 5.97 Å². The molecule has 0 aromatic heterocycles. The summed E-state index contributed by atoms with van der Waals surface area (Å²) in [5.41, 5.74) is 4.14. The van der Waals surface area contributed by atoms with E-state index in [0.29, 0.717) is 17.7 Å². The van der Waals surface area contributed by atoms with Crippen LogP contribution in [0, 0.1) is 11.3 Å². The van der Waals surface area contributed by atoms with Crippen LogP contribution < -0.4 is 4.90 Å². The molecule has 5 nitrogen and oxygen atoms in total. The second kappa shape index (κ2) is 6.95. The van der Waals surface area contributed by atoms with Crippen LogP contribution in [0.3, 0.4) is 0 Å². The zero-order valence-corrected chi connectivity index (χ0v) is 17.0. The van der Waals surface area contributed by atoms with Crippen LogP contribution in [-0.2, 0) is 14.3 Å². The van der Waals surface area contributed by atoms with Crippen LogP contribution in [-0.4, -0.2) is 38.7 Å². The zero-order chi connectivity index (χ0) is 19.9. The summed E-state index contributed by atoms with van der Waals surface area (Å²) in [4.78, 5) is 32.4. The Morgan fingerprint density at radius 3 is 2.37 bits per heavy atom. The lowest BCUT2D eigenvalue weighted by molar-refractivity contribution is -0.143. The molecule has 1 unspecified atom stereocenters. The molecule has 0 saturated heterocycles. The normalized spacial score (nSPS) is 24.2. The van der Waals surface area contributed by atoms with Crippen molar-refractivity contribution < 1.29 is 14.3 Å². The van der Waals surface area contributed by atoms with Crippen molar-refractivity contribution >= 4 is 23.2 Å². The molecular formula is C22H28N2O3. The van der Waals surface area contributed by atoms with Crippen molar-refractivity contribution in [1.29, 1.82) is 0 Å². The number of carbonyl (C=O) groups is 2. The predicted octanol–water partition coefficient (Wildman–Crippen LogP) is 3.74. The van der Waals surface area contributed by atoms with E-state index >= 15 is 0 Å². The van der Waals surface area contributed by atoms with Crippen LogP contribution in [0.4, 0.5) is 5.69 Å². The number of aliphatic imine (C=N–C) groups is 1. The number of Topliss-reactive ketones (excluding diaryl/α,β-unsaturated/α-hetero) is 1. The quantitative estimate of drug-likeness (QED) is 0.763. The first-order valence-electron chi connectivity index (χ1n) is 9.31. The molecule has 2 aliphatic rings. The van der Waals surface area contributed by atoms with Gasteiger partial charge in [-0.2, -0.15) is 0 Å². The van der Waals surface area contributed by atoms with Gasteiger partial charge in [0.2, 0.25) is 0 Å². The van der Waals surface area contributed by atoms with E-state index in [4.69, 9.17) is 4.74 Å². The van der Waals surface area contributed by atoms with Crippen LogP contribution >= 0.6 is 0 Å². The van der Waals surface area contributed by atoms with Gasteiger partial charge in [-0.1, -0.05) is 26.0 Å². The Hall–Kier alpha value is -2.43. The fraction of sp³-hybridized carbons (Fsp3) is 0.500. The number of allylic oxidation sites excluding steroid dienone is 2. The van der Waals surface area contributed by atoms with Crippen molar-refractivity contribution in [1.82, 2.24) is 0 Å². The molecule has 0 N–H and O–H groups in total. The third-order valence-electron chi connectivity index (χ3n) is 5.53. The molecule has 3 rings (SSSR count). The smallest absolute Gasteiger partial charge is 0.315 e. The molecule has 2 atom stereocenters. The van der Waals surface area contributed by atoms with Gasteiger partial charge in [0.05, 0.1) is 7.11 Å². The number of esters is 1. The highest BCUT2D eigenvalue weighted by molar-refractivity contribution is 6.09. The molecule has 1 aliphatic carbocycles. The molecule has 144 valence electrons. The highest BCUT2D eigenvalue weighted by Gasteiger charge is 2.45. The van der Waals surface area contributed by atoms with Crippen LogP contribution in [0.2, 0.25) is 0 Å². The number of hydrogen-bond donors (Lipinski definition) is 0. The largest absolute Gasteiger partial charge is 0.468 e. The molecular weight excluding hydrogens is 340 g/mol. The van der Waals surface area contributed by atoms with Crippen molar-refractivity contribution in [3.05, 3.63) is 41.1 Å². The maximum absolute atomic E-state index is 13.1. The first kappa shape index (κ1) is 19.3. The third-order valence-corrected chi connectivity index (χ3v) is 5.53. The van der Waals surface area contributed by atoms with Crippen LogP contribution in [0.25, 0.3) is 0 Å². The van der Waals surface area contributed by atoms with Gasteiger partial charge in [-0.3, -0.25) is 14.6 Å². The monoisotopic (exact) mass is 368 g/mol. The Morgan fingerprint density at radius 1 is 1.19 bits per heavy atom.